The van der Waals surface area contributed by atoms with Crippen molar-refractivity contribution in [1.82, 2.24) is 0 Å². The molecule has 2 atom stereocenters. The Balaban J connectivity index is 0.00000196. The molecule has 0 saturated heterocycles. The summed E-state index contributed by atoms with van der Waals surface area (Å²) in [5, 5.41) is 0.807. The fourth-order valence-corrected chi connectivity index (χ4v) is 1.59. The van der Waals surface area contributed by atoms with Gasteiger partial charge in [0.25, 0.3) is 0 Å². The van der Waals surface area contributed by atoms with E-state index in [9.17, 15) is 0 Å². The molecule has 0 aliphatic heterocycles. The number of rotatable bonds is 3. The average molecular weight is 248 g/mol. The summed E-state index contributed by atoms with van der Waals surface area (Å²) < 4.78 is 0. The van der Waals surface area contributed by atoms with Crippen molar-refractivity contribution < 1.29 is 0 Å². The number of aryl methyl sites for hydroxylation is 1. The Morgan fingerprint density at radius 1 is 1.40 bits per heavy atom. The smallest absolute Gasteiger partial charge is 0.0438 e. The standard InChI is InChI=1S/C12H18ClN.ClH/c1-4-8(2)12(14)10-6-5-9(3)11(13)7-10;/h5-8,12H,4,14H2,1-3H3;1H/t8?,12-;/m1./s1. The highest BCUT2D eigenvalue weighted by atomic mass is 35.5. The molecule has 0 aliphatic carbocycles. The number of hydrogen-bond acceptors (Lipinski definition) is 1. The van der Waals surface area contributed by atoms with Crippen LogP contribution >= 0.6 is 24.0 Å². The summed E-state index contributed by atoms with van der Waals surface area (Å²) in [7, 11) is 0. The number of hydrogen-bond donors (Lipinski definition) is 1. The Morgan fingerprint density at radius 3 is 2.47 bits per heavy atom. The monoisotopic (exact) mass is 247 g/mol. The van der Waals surface area contributed by atoms with Crippen LogP contribution in [-0.4, -0.2) is 0 Å². The molecule has 0 amide bonds. The van der Waals surface area contributed by atoms with Gasteiger partial charge in [0.2, 0.25) is 0 Å². The molecule has 0 fully saturated rings. The maximum absolute atomic E-state index is 6.11. The SMILES string of the molecule is CCC(C)[C@@H](N)c1ccc(C)c(Cl)c1.Cl. The highest BCUT2D eigenvalue weighted by Crippen LogP contribution is 2.25. The highest BCUT2D eigenvalue weighted by Gasteiger charge is 2.13. The van der Waals surface area contributed by atoms with Gasteiger partial charge in [0, 0.05) is 11.1 Å². The van der Waals surface area contributed by atoms with Gasteiger partial charge in [-0.3, -0.25) is 0 Å². The number of nitrogens with two attached hydrogens (primary N) is 1. The van der Waals surface area contributed by atoms with E-state index in [4.69, 9.17) is 17.3 Å². The number of benzene rings is 1. The molecule has 0 bridgehead atoms. The van der Waals surface area contributed by atoms with E-state index in [0.717, 1.165) is 22.6 Å². The molecule has 0 aliphatic rings. The van der Waals surface area contributed by atoms with Crippen molar-refractivity contribution >= 4 is 24.0 Å². The second-order valence-corrected chi connectivity index (χ2v) is 4.33. The normalized spacial score (nSPS) is 14.2. The lowest BCUT2D eigenvalue weighted by molar-refractivity contribution is 0.457. The van der Waals surface area contributed by atoms with Gasteiger partial charge in [-0.1, -0.05) is 44.0 Å². The van der Waals surface area contributed by atoms with Crippen molar-refractivity contribution in [1.29, 1.82) is 0 Å². The lowest BCUT2D eigenvalue weighted by Crippen LogP contribution is -2.18. The molecule has 0 saturated carbocycles. The summed E-state index contributed by atoms with van der Waals surface area (Å²) in [6, 6.07) is 6.17. The van der Waals surface area contributed by atoms with E-state index in [2.05, 4.69) is 19.9 Å². The Morgan fingerprint density at radius 2 is 2.00 bits per heavy atom. The summed E-state index contributed by atoms with van der Waals surface area (Å²) in [5.41, 5.74) is 8.35. The molecule has 86 valence electrons. The van der Waals surface area contributed by atoms with Crippen molar-refractivity contribution in [3.8, 4) is 0 Å². The molecular weight excluding hydrogens is 229 g/mol. The van der Waals surface area contributed by atoms with Gasteiger partial charge in [0.05, 0.1) is 0 Å². The summed E-state index contributed by atoms with van der Waals surface area (Å²) in [4.78, 5) is 0. The van der Waals surface area contributed by atoms with Crippen molar-refractivity contribution in [3.05, 3.63) is 34.3 Å². The van der Waals surface area contributed by atoms with Crippen LogP contribution in [-0.2, 0) is 0 Å². The molecule has 1 aromatic carbocycles. The molecule has 0 aromatic heterocycles. The van der Waals surface area contributed by atoms with E-state index in [-0.39, 0.29) is 18.4 Å². The first-order valence-electron chi connectivity index (χ1n) is 5.08. The molecule has 0 spiro atoms. The van der Waals surface area contributed by atoms with Crippen molar-refractivity contribution in [2.24, 2.45) is 11.7 Å². The second kappa shape index (κ2) is 6.37. The third-order valence-electron chi connectivity index (χ3n) is 2.84. The van der Waals surface area contributed by atoms with E-state index < -0.39 is 0 Å². The van der Waals surface area contributed by atoms with Crippen LogP contribution in [0.25, 0.3) is 0 Å². The van der Waals surface area contributed by atoms with Crippen LogP contribution < -0.4 is 5.73 Å². The van der Waals surface area contributed by atoms with Crippen molar-refractivity contribution in [3.63, 3.8) is 0 Å². The highest BCUT2D eigenvalue weighted by molar-refractivity contribution is 6.31. The minimum atomic E-state index is 0. The zero-order valence-corrected chi connectivity index (χ0v) is 11.0. The van der Waals surface area contributed by atoms with Crippen LogP contribution in [0.15, 0.2) is 18.2 Å². The Labute approximate surface area is 103 Å². The lowest BCUT2D eigenvalue weighted by Gasteiger charge is -2.19. The average Bonchev–Trinajstić information content (AvgIpc) is 2.20. The topological polar surface area (TPSA) is 26.0 Å². The molecule has 0 radical (unpaired) electrons. The van der Waals surface area contributed by atoms with E-state index in [0.29, 0.717) is 5.92 Å². The molecule has 1 unspecified atom stereocenters. The van der Waals surface area contributed by atoms with Gasteiger partial charge in [0.1, 0.15) is 0 Å². The Bertz CT molecular complexity index is 312. The van der Waals surface area contributed by atoms with Crippen LogP contribution in [0, 0.1) is 12.8 Å². The van der Waals surface area contributed by atoms with Crippen molar-refractivity contribution in [2.75, 3.05) is 0 Å². The van der Waals surface area contributed by atoms with Gasteiger partial charge < -0.3 is 5.73 Å². The third kappa shape index (κ3) is 3.67. The summed E-state index contributed by atoms with van der Waals surface area (Å²) in [6.45, 7) is 6.32. The lowest BCUT2D eigenvalue weighted by atomic mass is 9.93. The third-order valence-corrected chi connectivity index (χ3v) is 3.24. The second-order valence-electron chi connectivity index (χ2n) is 3.92. The zero-order chi connectivity index (χ0) is 10.7. The van der Waals surface area contributed by atoms with E-state index >= 15 is 0 Å². The van der Waals surface area contributed by atoms with Crippen LogP contribution in [0.4, 0.5) is 0 Å². The van der Waals surface area contributed by atoms with Gasteiger partial charge in [-0.2, -0.15) is 0 Å². The molecule has 1 nitrogen and oxygen atoms in total. The molecule has 1 aromatic rings. The first kappa shape index (κ1) is 14.8. The predicted molar refractivity (Wildman–Crippen MR) is 69.8 cm³/mol. The molecular formula is C12H19Cl2N. The van der Waals surface area contributed by atoms with Gasteiger partial charge in [-0.05, 0) is 30.0 Å². The molecule has 2 N–H and O–H groups in total. The molecule has 1 rings (SSSR count). The van der Waals surface area contributed by atoms with Gasteiger partial charge in [-0.25, -0.2) is 0 Å². The van der Waals surface area contributed by atoms with Crippen LogP contribution in [0.1, 0.15) is 37.4 Å². The van der Waals surface area contributed by atoms with Crippen LogP contribution in [0.3, 0.4) is 0 Å². The van der Waals surface area contributed by atoms with Gasteiger partial charge >= 0.3 is 0 Å². The first-order chi connectivity index (χ1) is 6.56. The molecule has 0 heterocycles. The minimum Gasteiger partial charge on any atom is -0.324 e. The van der Waals surface area contributed by atoms with Crippen LogP contribution in [0.5, 0.6) is 0 Å². The zero-order valence-electron chi connectivity index (χ0n) is 9.46. The van der Waals surface area contributed by atoms with Crippen molar-refractivity contribution in [2.45, 2.75) is 33.2 Å². The van der Waals surface area contributed by atoms with E-state index in [1.165, 1.54) is 0 Å². The fraction of sp³-hybridized carbons (Fsp3) is 0.500. The van der Waals surface area contributed by atoms with Crippen LogP contribution in [0.2, 0.25) is 5.02 Å². The van der Waals surface area contributed by atoms with E-state index in [1.54, 1.807) is 0 Å². The number of halogens is 2. The quantitative estimate of drug-likeness (QED) is 0.855. The van der Waals surface area contributed by atoms with Gasteiger partial charge in [-0.15, -0.1) is 12.4 Å². The predicted octanol–water partition coefficient (Wildman–Crippen LogP) is 4.12. The maximum atomic E-state index is 6.11. The Hall–Kier alpha value is -0.240. The van der Waals surface area contributed by atoms with Gasteiger partial charge in [0.15, 0.2) is 0 Å². The maximum Gasteiger partial charge on any atom is 0.0438 e. The summed E-state index contributed by atoms with van der Waals surface area (Å²) >= 11 is 6.05. The minimum absolute atomic E-state index is 0. The fourth-order valence-electron chi connectivity index (χ4n) is 1.40. The largest absolute Gasteiger partial charge is 0.324 e. The first-order valence-corrected chi connectivity index (χ1v) is 5.45. The van der Waals surface area contributed by atoms with E-state index in [1.807, 2.05) is 19.1 Å². The summed E-state index contributed by atoms with van der Waals surface area (Å²) in [5.74, 6) is 0.494. The summed E-state index contributed by atoms with van der Waals surface area (Å²) in [6.07, 6.45) is 1.09. The Kier molecular flexibility index (Phi) is 6.26. The molecule has 3 heteroatoms. The molecule has 15 heavy (non-hydrogen) atoms.